The molecule has 1 saturated carbocycles. The van der Waals surface area contributed by atoms with Gasteiger partial charge in [-0.05, 0) is 57.0 Å². The normalized spacial score (nSPS) is 14.4. The predicted octanol–water partition coefficient (Wildman–Crippen LogP) is 4.97. The van der Waals surface area contributed by atoms with Crippen molar-refractivity contribution in [3.8, 4) is 17.1 Å². The number of fused-ring (bicyclic) bond motifs is 1. The number of furan rings is 1. The summed E-state index contributed by atoms with van der Waals surface area (Å²) in [6.07, 6.45) is 2.70. The van der Waals surface area contributed by atoms with Gasteiger partial charge in [0.25, 0.3) is 0 Å². The van der Waals surface area contributed by atoms with Gasteiger partial charge in [0.15, 0.2) is 0 Å². The first-order valence-electron chi connectivity index (χ1n) is 11.5. The summed E-state index contributed by atoms with van der Waals surface area (Å²) < 4.78 is 57.4. The van der Waals surface area contributed by atoms with Crippen LogP contribution in [0.2, 0.25) is 0 Å². The predicted molar refractivity (Wildman–Crippen MR) is 132 cm³/mol. The first-order chi connectivity index (χ1) is 17.0. The number of halogens is 1. The van der Waals surface area contributed by atoms with Crippen molar-refractivity contribution in [2.45, 2.75) is 51.7 Å². The molecule has 1 aliphatic rings. The Hall–Kier alpha value is -3.60. The number of hydrogen-bond donors (Lipinski definition) is 1. The molecule has 9 nitrogen and oxygen atoms in total. The molecule has 1 aromatic heterocycles. The Kier molecular flexibility index (Phi) is 6.94. The Morgan fingerprint density at radius 2 is 1.78 bits per heavy atom. The van der Waals surface area contributed by atoms with E-state index in [4.69, 9.17) is 14.9 Å². The maximum absolute atomic E-state index is 13.6. The van der Waals surface area contributed by atoms with E-state index >= 15 is 0 Å². The van der Waals surface area contributed by atoms with Crippen molar-refractivity contribution < 1.29 is 36.3 Å². The second kappa shape index (κ2) is 9.81. The van der Waals surface area contributed by atoms with Crippen LogP contribution in [0.15, 0.2) is 40.8 Å². The van der Waals surface area contributed by atoms with Gasteiger partial charge in [-0.15, -0.1) is 0 Å². The summed E-state index contributed by atoms with van der Waals surface area (Å²) in [6, 6.07) is 7.93. The second-order valence-corrected chi connectivity index (χ2v) is 10.9. The van der Waals surface area contributed by atoms with E-state index in [2.05, 4.69) is 4.74 Å². The highest BCUT2D eigenvalue weighted by Crippen LogP contribution is 2.43. The Balaban J connectivity index is 2.01. The minimum Gasteiger partial charge on any atom is -0.489 e. The van der Waals surface area contributed by atoms with Crippen molar-refractivity contribution in [1.29, 1.82) is 0 Å². The average molecular weight is 519 g/mol. The molecule has 0 bridgehead atoms. The van der Waals surface area contributed by atoms with Crippen molar-refractivity contribution in [1.82, 2.24) is 0 Å². The topological polar surface area (TPSA) is 129 Å². The third kappa shape index (κ3) is 5.15. The number of primary amides is 1. The number of amides is 1. The lowest BCUT2D eigenvalue weighted by Gasteiger charge is -2.30. The molecule has 3 aromatic rings. The van der Waals surface area contributed by atoms with Crippen molar-refractivity contribution in [2.24, 2.45) is 5.73 Å². The zero-order valence-corrected chi connectivity index (χ0v) is 20.9. The van der Waals surface area contributed by atoms with Crippen molar-refractivity contribution in [2.75, 3.05) is 10.6 Å². The molecule has 0 unspecified atom stereocenters. The van der Waals surface area contributed by atoms with E-state index in [1.165, 1.54) is 40.7 Å². The number of carbonyl (C=O) groups is 2. The zero-order valence-electron chi connectivity index (χ0n) is 20.1. The summed E-state index contributed by atoms with van der Waals surface area (Å²) in [4.78, 5) is 24.3. The van der Waals surface area contributed by atoms with Crippen molar-refractivity contribution >= 4 is 38.7 Å². The minimum absolute atomic E-state index is 0.00988. The summed E-state index contributed by atoms with van der Waals surface area (Å²) in [5.41, 5.74) is 5.72. The van der Waals surface area contributed by atoms with Crippen LogP contribution < -0.4 is 14.8 Å². The fourth-order valence-electron chi connectivity index (χ4n) is 4.57. The molecule has 192 valence electrons. The molecule has 1 heterocycles. The molecule has 36 heavy (non-hydrogen) atoms. The SMILES string of the molecule is CC(C)Oc1cc2c(C(=O)OC(N)=O)c(-c3ccc(F)cc3)oc2cc1N(C1CCCC1)S(C)(=O)=O. The molecule has 2 aromatic carbocycles. The number of sulfonamides is 1. The molecule has 0 atom stereocenters. The Morgan fingerprint density at radius 3 is 2.33 bits per heavy atom. The lowest BCUT2D eigenvalue weighted by atomic mass is 10.0. The second-order valence-electron chi connectivity index (χ2n) is 9.00. The minimum atomic E-state index is -3.70. The fraction of sp³-hybridized carbons (Fsp3) is 0.360. The largest absolute Gasteiger partial charge is 0.489 e. The highest BCUT2D eigenvalue weighted by atomic mass is 32.2. The van der Waals surface area contributed by atoms with Gasteiger partial charge in [-0.25, -0.2) is 22.4 Å². The van der Waals surface area contributed by atoms with E-state index in [-0.39, 0.29) is 45.9 Å². The lowest BCUT2D eigenvalue weighted by Crippen LogP contribution is -2.38. The molecule has 11 heteroatoms. The third-order valence-electron chi connectivity index (χ3n) is 5.89. The Labute approximate surface area is 208 Å². The van der Waals surface area contributed by atoms with E-state index in [0.717, 1.165) is 19.1 Å². The summed E-state index contributed by atoms with van der Waals surface area (Å²) in [5.74, 6) is -1.34. The molecule has 0 saturated heterocycles. The van der Waals surface area contributed by atoms with Crippen LogP contribution in [0.4, 0.5) is 14.9 Å². The van der Waals surface area contributed by atoms with Crippen molar-refractivity contribution in [3.05, 3.63) is 47.8 Å². The van der Waals surface area contributed by atoms with E-state index < -0.39 is 27.9 Å². The first-order valence-corrected chi connectivity index (χ1v) is 13.3. The molecule has 0 aliphatic heterocycles. The third-order valence-corrected chi connectivity index (χ3v) is 7.10. The quantitative estimate of drug-likeness (QED) is 0.345. The van der Waals surface area contributed by atoms with Gasteiger partial charge in [-0.3, -0.25) is 4.31 Å². The monoisotopic (exact) mass is 518 g/mol. The van der Waals surface area contributed by atoms with Crippen LogP contribution in [-0.4, -0.2) is 38.9 Å². The summed E-state index contributed by atoms with van der Waals surface area (Å²) >= 11 is 0. The van der Waals surface area contributed by atoms with Crippen LogP contribution in [0.1, 0.15) is 49.9 Å². The number of nitrogens with two attached hydrogens (primary N) is 1. The molecule has 4 rings (SSSR count). The van der Waals surface area contributed by atoms with E-state index in [0.29, 0.717) is 18.4 Å². The number of ether oxygens (including phenoxy) is 2. The Bertz CT molecular complexity index is 1410. The number of nitrogens with zero attached hydrogens (tertiary/aromatic N) is 1. The van der Waals surface area contributed by atoms with Crippen LogP contribution in [0.5, 0.6) is 5.75 Å². The van der Waals surface area contributed by atoms with Crippen molar-refractivity contribution in [3.63, 3.8) is 0 Å². The molecule has 1 amide bonds. The number of hydrogen-bond acceptors (Lipinski definition) is 7. The van der Waals surface area contributed by atoms with Crippen LogP contribution in [-0.2, 0) is 14.8 Å². The molecule has 0 radical (unpaired) electrons. The maximum Gasteiger partial charge on any atom is 0.412 e. The van der Waals surface area contributed by atoms with Gasteiger partial charge < -0.3 is 19.6 Å². The molecule has 1 fully saturated rings. The molecular formula is C25H27FN2O7S. The van der Waals surface area contributed by atoms with Crippen LogP contribution in [0, 0.1) is 5.82 Å². The van der Waals surface area contributed by atoms with Gasteiger partial charge in [0.2, 0.25) is 10.0 Å². The summed E-state index contributed by atoms with van der Waals surface area (Å²) in [5, 5.41) is 0.222. The lowest BCUT2D eigenvalue weighted by molar-refractivity contribution is 0.0640. The smallest absolute Gasteiger partial charge is 0.412 e. The van der Waals surface area contributed by atoms with E-state index in [9.17, 15) is 22.4 Å². The van der Waals surface area contributed by atoms with Gasteiger partial charge in [-0.2, -0.15) is 0 Å². The molecule has 2 N–H and O–H groups in total. The summed E-state index contributed by atoms with van der Waals surface area (Å²) in [7, 11) is -3.70. The number of esters is 1. The van der Waals surface area contributed by atoms with Crippen LogP contribution >= 0.6 is 0 Å². The maximum atomic E-state index is 13.6. The van der Waals surface area contributed by atoms with Gasteiger partial charge in [-0.1, -0.05) is 12.8 Å². The molecule has 1 aliphatic carbocycles. The van der Waals surface area contributed by atoms with Gasteiger partial charge >= 0.3 is 12.1 Å². The number of rotatable bonds is 7. The summed E-state index contributed by atoms with van der Waals surface area (Å²) in [6.45, 7) is 3.58. The van der Waals surface area contributed by atoms with E-state index in [1.54, 1.807) is 13.8 Å². The van der Waals surface area contributed by atoms with E-state index in [1.807, 2.05) is 0 Å². The highest BCUT2D eigenvalue weighted by Gasteiger charge is 2.34. The van der Waals surface area contributed by atoms with Gasteiger partial charge in [0, 0.05) is 23.1 Å². The van der Waals surface area contributed by atoms with Crippen LogP contribution in [0.25, 0.3) is 22.3 Å². The Morgan fingerprint density at radius 1 is 1.14 bits per heavy atom. The number of anilines is 1. The highest BCUT2D eigenvalue weighted by molar-refractivity contribution is 7.92. The zero-order chi connectivity index (χ0) is 26.2. The van der Waals surface area contributed by atoms with Gasteiger partial charge in [0.1, 0.15) is 28.5 Å². The number of carbonyl (C=O) groups excluding carboxylic acids is 2. The average Bonchev–Trinajstić information content (AvgIpc) is 3.40. The van der Waals surface area contributed by atoms with Crippen LogP contribution in [0.3, 0.4) is 0 Å². The fourth-order valence-corrected chi connectivity index (χ4v) is 5.82. The standard InChI is InChI=1S/C25H27FN2O7S/c1-14(2)33-21-12-18-20(13-19(21)28(36(3,31)32)17-6-4-5-7-17)34-23(15-8-10-16(26)11-9-15)22(18)24(29)35-25(27)30/h8-14,17H,4-7H2,1-3H3,(H2,27,30). The first kappa shape index (κ1) is 25.5. The molecular weight excluding hydrogens is 491 g/mol. The number of benzene rings is 2. The molecule has 0 spiro atoms. The van der Waals surface area contributed by atoms with Gasteiger partial charge in [0.05, 0.1) is 18.0 Å².